The Morgan fingerprint density at radius 3 is 2.70 bits per heavy atom. The van der Waals surface area contributed by atoms with Crippen molar-refractivity contribution in [3.8, 4) is 17.0 Å². The number of fused-ring (bicyclic) bond motifs is 1. The van der Waals surface area contributed by atoms with Crippen LogP contribution in [-0.2, 0) is 0 Å². The quantitative estimate of drug-likeness (QED) is 0.586. The molecule has 0 spiro atoms. The molecule has 1 aliphatic heterocycles. The molecule has 0 saturated carbocycles. The molecule has 8 nitrogen and oxygen atoms in total. The molecule has 1 fully saturated rings. The van der Waals surface area contributed by atoms with E-state index in [4.69, 9.17) is 4.74 Å². The molecule has 174 valence electrons. The number of rotatable bonds is 7. The van der Waals surface area contributed by atoms with Crippen molar-refractivity contribution in [2.75, 3.05) is 32.1 Å². The van der Waals surface area contributed by atoms with Crippen LogP contribution in [0.5, 0.6) is 5.88 Å². The fourth-order valence-electron chi connectivity index (χ4n) is 4.07. The van der Waals surface area contributed by atoms with Crippen LogP contribution in [0.3, 0.4) is 0 Å². The molecule has 1 unspecified atom stereocenters. The molecule has 8 heteroatoms. The minimum absolute atomic E-state index is 0.0449. The third-order valence-electron chi connectivity index (χ3n) is 6.03. The van der Waals surface area contributed by atoms with Gasteiger partial charge in [-0.3, -0.25) is 9.88 Å². The summed E-state index contributed by atoms with van der Waals surface area (Å²) in [5, 5.41) is 2.86. The number of benzene rings is 1. The Kier molecular flexibility index (Phi) is 7.03. The fourth-order valence-corrected chi connectivity index (χ4v) is 4.07. The lowest BCUT2D eigenvalue weighted by molar-refractivity contribution is 0.228. The van der Waals surface area contributed by atoms with Crippen LogP contribution >= 0.6 is 0 Å². The minimum Gasteiger partial charge on any atom is -0.478 e. The normalized spacial score (nSPS) is 16.3. The van der Waals surface area contributed by atoms with E-state index >= 15 is 0 Å². The van der Waals surface area contributed by atoms with Crippen LogP contribution in [0.2, 0.25) is 0 Å². The van der Waals surface area contributed by atoms with E-state index < -0.39 is 0 Å². The summed E-state index contributed by atoms with van der Waals surface area (Å²) >= 11 is 0. The van der Waals surface area contributed by atoms with E-state index in [0.29, 0.717) is 24.3 Å². The van der Waals surface area contributed by atoms with Crippen molar-refractivity contribution in [3.05, 3.63) is 42.7 Å². The molecular weight excluding hydrogens is 416 g/mol. The smallest absolute Gasteiger partial charge is 0.323 e. The molecule has 0 radical (unpaired) electrons. The van der Waals surface area contributed by atoms with Gasteiger partial charge in [0.15, 0.2) is 5.82 Å². The van der Waals surface area contributed by atoms with Crippen LogP contribution in [0.15, 0.2) is 42.7 Å². The summed E-state index contributed by atoms with van der Waals surface area (Å²) < 4.78 is 5.87. The first-order valence-corrected chi connectivity index (χ1v) is 11.5. The maximum absolute atomic E-state index is 12.3. The van der Waals surface area contributed by atoms with Crippen LogP contribution in [0.1, 0.15) is 33.1 Å². The van der Waals surface area contributed by atoms with E-state index in [1.165, 1.54) is 24.3 Å². The number of carbonyl (C=O) groups excluding carboxylic acids is 1. The van der Waals surface area contributed by atoms with Crippen molar-refractivity contribution in [2.45, 2.75) is 45.2 Å². The molecular formula is C25H32N6O2. The molecule has 1 aliphatic rings. The van der Waals surface area contributed by atoms with E-state index in [-0.39, 0.29) is 12.1 Å². The largest absolute Gasteiger partial charge is 0.478 e. The molecule has 1 aromatic carbocycles. The van der Waals surface area contributed by atoms with Gasteiger partial charge >= 0.3 is 6.03 Å². The molecule has 0 bridgehead atoms. The monoisotopic (exact) mass is 448 g/mol. The van der Waals surface area contributed by atoms with Crippen LogP contribution in [0.4, 0.5) is 10.6 Å². The van der Waals surface area contributed by atoms with Gasteiger partial charge in [-0.1, -0.05) is 6.07 Å². The SMILES string of the molecule is CC(C)NC(=O)N(C)c1cnc2ccc(-c3ccc(OCCC4CCCN4C)nc3)cc2n1. The molecule has 3 aromatic rings. The van der Waals surface area contributed by atoms with E-state index in [2.05, 4.69) is 32.2 Å². The Bertz CT molecular complexity index is 1100. The Morgan fingerprint density at radius 1 is 1.18 bits per heavy atom. The number of amides is 2. The van der Waals surface area contributed by atoms with Crippen molar-refractivity contribution in [3.63, 3.8) is 0 Å². The van der Waals surface area contributed by atoms with Gasteiger partial charge in [-0.25, -0.2) is 14.8 Å². The van der Waals surface area contributed by atoms with E-state index in [1.807, 2.05) is 50.4 Å². The predicted molar refractivity (Wildman–Crippen MR) is 131 cm³/mol. The summed E-state index contributed by atoms with van der Waals surface area (Å²) in [4.78, 5) is 29.8. The van der Waals surface area contributed by atoms with Crippen molar-refractivity contribution in [2.24, 2.45) is 0 Å². The first-order valence-electron chi connectivity index (χ1n) is 11.5. The summed E-state index contributed by atoms with van der Waals surface area (Å²) in [7, 11) is 3.87. The Morgan fingerprint density at radius 2 is 2.00 bits per heavy atom. The first-order chi connectivity index (χ1) is 15.9. The summed E-state index contributed by atoms with van der Waals surface area (Å²) in [6, 6.07) is 10.3. The number of hydrogen-bond donors (Lipinski definition) is 1. The number of pyridine rings is 1. The first kappa shape index (κ1) is 22.9. The maximum Gasteiger partial charge on any atom is 0.323 e. The fraction of sp³-hybridized carbons (Fsp3) is 0.440. The zero-order valence-electron chi connectivity index (χ0n) is 19.8. The van der Waals surface area contributed by atoms with E-state index in [0.717, 1.165) is 28.6 Å². The van der Waals surface area contributed by atoms with E-state index in [9.17, 15) is 4.79 Å². The third-order valence-corrected chi connectivity index (χ3v) is 6.03. The lowest BCUT2D eigenvalue weighted by Gasteiger charge is -2.19. The standard InChI is InChI=1S/C25H32N6O2/c1-17(2)28-25(32)31(4)23-16-26-21-9-7-18(14-22(21)29-23)19-8-10-24(27-15-19)33-13-11-20-6-5-12-30(20)3/h7-10,14-17,20H,5-6,11-13H2,1-4H3,(H,28,32). The summed E-state index contributed by atoms with van der Waals surface area (Å²) in [5.41, 5.74) is 3.44. The molecule has 3 heterocycles. The number of anilines is 1. The van der Waals surface area contributed by atoms with Crippen LogP contribution in [0, 0.1) is 0 Å². The van der Waals surface area contributed by atoms with Gasteiger partial charge in [0.2, 0.25) is 5.88 Å². The number of hydrogen-bond acceptors (Lipinski definition) is 6. The zero-order chi connectivity index (χ0) is 23.4. The van der Waals surface area contributed by atoms with Crippen LogP contribution in [-0.4, -0.2) is 65.2 Å². The van der Waals surface area contributed by atoms with E-state index in [1.54, 1.807) is 13.2 Å². The van der Waals surface area contributed by atoms with Crippen LogP contribution in [0.25, 0.3) is 22.2 Å². The number of aromatic nitrogens is 3. The second-order valence-corrected chi connectivity index (χ2v) is 8.89. The minimum atomic E-state index is -0.214. The molecule has 2 amide bonds. The summed E-state index contributed by atoms with van der Waals surface area (Å²) in [6.07, 6.45) is 6.97. The molecule has 0 aliphatic carbocycles. The number of ether oxygens (including phenoxy) is 1. The number of carbonyl (C=O) groups is 1. The van der Waals surface area contributed by atoms with Gasteiger partial charge in [-0.05, 0) is 70.5 Å². The Hall–Kier alpha value is -3.26. The lowest BCUT2D eigenvalue weighted by atomic mass is 10.1. The number of nitrogens with one attached hydrogen (secondary N) is 1. The topological polar surface area (TPSA) is 83.5 Å². The van der Waals surface area contributed by atoms with Gasteiger partial charge in [0.05, 0.1) is 23.8 Å². The summed E-state index contributed by atoms with van der Waals surface area (Å²) in [6.45, 7) is 5.69. The van der Waals surface area contributed by atoms with Crippen LogP contribution < -0.4 is 15.0 Å². The van der Waals surface area contributed by atoms with Gasteiger partial charge in [0.25, 0.3) is 0 Å². The second-order valence-electron chi connectivity index (χ2n) is 8.89. The second kappa shape index (κ2) is 10.1. The lowest BCUT2D eigenvalue weighted by Crippen LogP contribution is -2.41. The van der Waals surface area contributed by atoms with Gasteiger partial charge in [-0.2, -0.15) is 0 Å². The molecule has 4 rings (SSSR count). The molecule has 1 N–H and O–H groups in total. The average Bonchev–Trinajstić information content (AvgIpc) is 3.22. The van der Waals surface area contributed by atoms with Crippen molar-refractivity contribution in [1.29, 1.82) is 0 Å². The van der Waals surface area contributed by atoms with Gasteiger partial charge in [0, 0.05) is 37.0 Å². The zero-order valence-corrected chi connectivity index (χ0v) is 19.8. The Labute approximate surface area is 195 Å². The van der Waals surface area contributed by atoms with Crippen molar-refractivity contribution in [1.82, 2.24) is 25.2 Å². The number of urea groups is 1. The summed E-state index contributed by atoms with van der Waals surface area (Å²) in [5.74, 6) is 1.13. The highest BCUT2D eigenvalue weighted by atomic mass is 16.5. The molecule has 1 atom stereocenters. The third kappa shape index (κ3) is 5.57. The van der Waals surface area contributed by atoms with Gasteiger partial charge < -0.3 is 15.0 Å². The maximum atomic E-state index is 12.3. The Balaban J connectivity index is 1.44. The highest BCUT2D eigenvalue weighted by Crippen LogP contribution is 2.25. The molecule has 1 saturated heterocycles. The van der Waals surface area contributed by atoms with Crippen molar-refractivity contribution < 1.29 is 9.53 Å². The van der Waals surface area contributed by atoms with Crippen molar-refractivity contribution >= 4 is 22.9 Å². The predicted octanol–water partition coefficient (Wildman–Crippen LogP) is 4.11. The number of likely N-dealkylation sites (tertiary alicyclic amines) is 1. The van der Waals surface area contributed by atoms with Gasteiger partial charge in [-0.15, -0.1) is 0 Å². The number of nitrogens with zero attached hydrogens (tertiary/aromatic N) is 5. The highest BCUT2D eigenvalue weighted by molar-refractivity contribution is 5.91. The molecule has 2 aromatic heterocycles. The highest BCUT2D eigenvalue weighted by Gasteiger charge is 2.20. The molecule has 33 heavy (non-hydrogen) atoms. The average molecular weight is 449 g/mol. The van der Waals surface area contributed by atoms with Gasteiger partial charge in [0.1, 0.15) is 0 Å².